The molecule has 0 spiro atoms. The van der Waals surface area contributed by atoms with Crippen molar-refractivity contribution in [3.8, 4) is 11.5 Å². The van der Waals surface area contributed by atoms with Crippen molar-refractivity contribution >= 4 is 11.8 Å². The Morgan fingerprint density at radius 3 is 2.40 bits per heavy atom. The molecule has 5 nitrogen and oxygen atoms in total. The van der Waals surface area contributed by atoms with Gasteiger partial charge < -0.3 is 14.6 Å². The normalized spacial score (nSPS) is 11.5. The highest BCUT2D eigenvalue weighted by Crippen LogP contribution is 2.33. The van der Waals surface area contributed by atoms with Gasteiger partial charge in [-0.3, -0.25) is 9.59 Å². The molecule has 0 aliphatic heterocycles. The monoisotopic (exact) mass is 404 g/mol. The summed E-state index contributed by atoms with van der Waals surface area (Å²) < 4.78 is 11.2. The number of para-hydroxylation sites is 1. The Hall–Kier alpha value is -3.60. The van der Waals surface area contributed by atoms with Gasteiger partial charge in [-0.05, 0) is 30.2 Å². The van der Waals surface area contributed by atoms with Gasteiger partial charge in [-0.2, -0.15) is 0 Å². The van der Waals surface area contributed by atoms with Crippen LogP contribution in [0.4, 0.5) is 0 Å². The van der Waals surface area contributed by atoms with Gasteiger partial charge in [0.25, 0.3) is 0 Å². The number of carboxylic acids is 1. The van der Waals surface area contributed by atoms with Crippen molar-refractivity contribution in [3.05, 3.63) is 95.6 Å². The molecule has 0 bridgehead atoms. The van der Waals surface area contributed by atoms with Crippen molar-refractivity contribution in [2.24, 2.45) is 0 Å². The molecule has 0 amide bonds. The van der Waals surface area contributed by atoms with Gasteiger partial charge in [0.15, 0.2) is 5.78 Å². The Morgan fingerprint density at radius 1 is 0.933 bits per heavy atom. The maximum atomic E-state index is 13.3. The molecule has 0 aliphatic carbocycles. The first-order valence-electron chi connectivity index (χ1n) is 9.74. The number of ether oxygens (including phenoxy) is 2. The third-order valence-electron chi connectivity index (χ3n) is 4.84. The van der Waals surface area contributed by atoms with Crippen LogP contribution in [0.5, 0.6) is 11.5 Å². The third-order valence-corrected chi connectivity index (χ3v) is 4.84. The van der Waals surface area contributed by atoms with Crippen LogP contribution in [0.15, 0.2) is 78.9 Å². The summed E-state index contributed by atoms with van der Waals surface area (Å²) >= 11 is 0. The van der Waals surface area contributed by atoms with Gasteiger partial charge in [-0.1, -0.05) is 60.7 Å². The fourth-order valence-corrected chi connectivity index (χ4v) is 3.33. The van der Waals surface area contributed by atoms with E-state index in [4.69, 9.17) is 14.6 Å². The van der Waals surface area contributed by atoms with Gasteiger partial charge in [-0.25, -0.2) is 0 Å². The Kier molecular flexibility index (Phi) is 7.22. The third kappa shape index (κ3) is 5.47. The predicted molar refractivity (Wildman–Crippen MR) is 114 cm³/mol. The highest BCUT2D eigenvalue weighted by Gasteiger charge is 2.26. The quantitative estimate of drug-likeness (QED) is 0.476. The maximum absolute atomic E-state index is 13.3. The van der Waals surface area contributed by atoms with Crippen LogP contribution in [0.25, 0.3) is 0 Å². The molecular formula is C25H24O5. The van der Waals surface area contributed by atoms with Crippen molar-refractivity contribution in [3.63, 3.8) is 0 Å². The van der Waals surface area contributed by atoms with E-state index >= 15 is 0 Å². The molecule has 0 saturated heterocycles. The molecule has 154 valence electrons. The first-order chi connectivity index (χ1) is 14.6. The molecule has 0 aromatic heterocycles. The summed E-state index contributed by atoms with van der Waals surface area (Å²) in [5.74, 6) is -0.574. The highest BCUT2D eigenvalue weighted by molar-refractivity contribution is 6.01. The van der Waals surface area contributed by atoms with E-state index in [1.807, 2.05) is 42.5 Å². The van der Waals surface area contributed by atoms with E-state index in [1.165, 1.54) is 7.11 Å². The molecule has 0 saturated carbocycles. The Labute approximate surface area is 175 Å². The van der Waals surface area contributed by atoms with Crippen LogP contribution in [-0.2, 0) is 11.4 Å². The number of aliphatic carboxylic acids is 1. The minimum absolute atomic E-state index is 0.112. The smallest absolute Gasteiger partial charge is 0.303 e. The van der Waals surface area contributed by atoms with Crippen LogP contribution in [0, 0.1) is 0 Å². The van der Waals surface area contributed by atoms with Crippen molar-refractivity contribution < 1.29 is 24.2 Å². The van der Waals surface area contributed by atoms with Gasteiger partial charge in [0.2, 0.25) is 0 Å². The fraction of sp³-hybridized carbons (Fsp3) is 0.200. The summed E-state index contributed by atoms with van der Waals surface area (Å²) in [4.78, 5) is 24.5. The summed E-state index contributed by atoms with van der Waals surface area (Å²) in [6.45, 7) is 0.396. The van der Waals surface area contributed by atoms with Crippen LogP contribution >= 0.6 is 0 Å². The number of methoxy groups -OCH3 is 1. The van der Waals surface area contributed by atoms with Crippen molar-refractivity contribution in [2.45, 2.75) is 25.4 Å². The Morgan fingerprint density at radius 2 is 1.67 bits per heavy atom. The molecular weight excluding hydrogens is 380 g/mol. The summed E-state index contributed by atoms with van der Waals surface area (Å²) in [6.07, 6.45) is 0.0717. The van der Waals surface area contributed by atoms with Crippen LogP contribution < -0.4 is 9.47 Å². The first-order valence-corrected chi connectivity index (χ1v) is 9.74. The summed E-state index contributed by atoms with van der Waals surface area (Å²) in [6, 6.07) is 24.0. The number of benzene rings is 3. The lowest BCUT2D eigenvalue weighted by atomic mass is 9.86. The average molecular weight is 404 g/mol. The molecule has 0 radical (unpaired) electrons. The molecule has 1 N–H and O–H groups in total. The van der Waals surface area contributed by atoms with Gasteiger partial charge >= 0.3 is 5.97 Å². The topological polar surface area (TPSA) is 72.8 Å². The first kappa shape index (κ1) is 21.1. The summed E-state index contributed by atoms with van der Waals surface area (Å²) in [5.41, 5.74) is 2.19. The van der Waals surface area contributed by atoms with Gasteiger partial charge in [0.05, 0.1) is 13.0 Å². The van der Waals surface area contributed by atoms with Gasteiger partial charge in [0.1, 0.15) is 18.1 Å². The summed E-state index contributed by atoms with van der Waals surface area (Å²) in [5, 5.41) is 9.15. The molecule has 3 aromatic rings. The average Bonchev–Trinajstić information content (AvgIpc) is 2.78. The number of carbonyl (C=O) groups excluding carboxylic acids is 1. The zero-order valence-electron chi connectivity index (χ0n) is 16.8. The molecule has 0 unspecified atom stereocenters. The van der Waals surface area contributed by atoms with Crippen LogP contribution in [0.2, 0.25) is 0 Å². The molecule has 0 aliphatic rings. The van der Waals surface area contributed by atoms with Gasteiger partial charge in [0, 0.05) is 17.5 Å². The van der Waals surface area contributed by atoms with Crippen LogP contribution in [0.3, 0.4) is 0 Å². The molecule has 3 aromatic carbocycles. The fourth-order valence-electron chi connectivity index (χ4n) is 3.33. The number of hydrogen-bond acceptors (Lipinski definition) is 4. The zero-order valence-corrected chi connectivity index (χ0v) is 16.8. The van der Waals surface area contributed by atoms with Crippen molar-refractivity contribution in [2.75, 3.05) is 7.11 Å². The predicted octanol–water partition coefficient (Wildman–Crippen LogP) is 5.11. The van der Waals surface area contributed by atoms with E-state index in [0.29, 0.717) is 29.2 Å². The van der Waals surface area contributed by atoms with E-state index in [0.717, 1.165) is 5.56 Å². The van der Waals surface area contributed by atoms with Gasteiger partial charge in [-0.15, -0.1) is 0 Å². The largest absolute Gasteiger partial charge is 0.496 e. The van der Waals surface area contributed by atoms with E-state index in [9.17, 15) is 9.59 Å². The van der Waals surface area contributed by atoms with Crippen molar-refractivity contribution in [1.29, 1.82) is 0 Å². The number of carbonyl (C=O) groups is 2. The van der Waals surface area contributed by atoms with Crippen LogP contribution in [0.1, 0.15) is 40.2 Å². The number of Topliss-reactive ketones (excluding diaryl/α,β-unsaturated/α-hetero) is 1. The second-order valence-electron chi connectivity index (χ2n) is 6.89. The number of ketones is 1. The SMILES string of the molecule is COc1ccccc1[C@H](CCC(=O)O)C(=O)c1cccc(OCc2ccccc2)c1. The number of carboxylic acid groups (broad SMARTS) is 1. The second kappa shape index (κ2) is 10.3. The lowest BCUT2D eigenvalue weighted by Gasteiger charge is -2.19. The van der Waals surface area contributed by atoms with E-state index in [2.05, 4.69) is 0 Å². The molecule has 30 heavy (non-hydrogen) atoms. The van der Waals surface area contributed by atoms with E-state index in [1.54, 1.807) is 36.4 Å². The number of hydrogen-bond donors (Lipinski definition) is 1. The van der Waals surface area contributed by atoms with E-state index in [-0.39, 0.29) is 18.6 Å². The number of rotatable bonds is 10. The minimum atomic E-state index is -0.942. The second-order valence-corrected chi connectivity index (χ2v) is 6.89. The molecule has 1 atom stereocenters. The van der Waals surface area contributed by atoms with Crippen LogP contribution in [-0.4, -0.2) is 24.0 Å². The van der Waals surface area contributed by atoms with Crippen molar-refractivity contribution in [1.82, 2.24) is 0 Å². The summed E-state index contributed by atoms with van der Waals surface area (Å²) in [7, 11) is 1.54. The molecule has 3 rings (SSSR count). The lowest BCUT2D eigenvalue weighted by Crippen LogP contribution is -2.16. The minimum Gasteiger partial charge on any atom is -0.496 e. The highest BCUT2D eigenvalue weighted by atomic mass is 16.5. The van der Waals surface area contributed by atoms with E-state index < -0.39 is 11.9 Å². The Balaban J connectivity index is 1.84. The lowest BCUT2D eigenvalue weighted by molar-refractivity contribution is -0.137. The molecule has 0 fully saturated rings. The maximum Gasteiger partial charge on any atom is 0.303 e. The molecule has 0 heterocycles. The standard InChI is InChI=1S/C25H24O5/c1-29-23-13-6-5-12-21(23)22(14-15-24(26)27)25(28)19-10-7-11-20(16-19)30-17-18-8-3-2-4-9-18/h2-13,16,22H,14-15,17H2,1H3,(H,26,27)/t22-/m0/s1. The molecule has 5 heteroatoms. The zero-order chi connectivity index (χ0) is 21.3. The Bertz CT molecular complexity index is 997.